The van der Waals surface area contributed by atoms with Crippen molar-refractivity contribution in [3.05, 3.63) is 42.5 Å². The smallest absolute Gasteiger partial charge is 0.0769 e. The van der Waals surface area contributed by atoms with Crippen molar-refractivity contribution in [1.82, 2.24) is 0 Å². The lowest BCUT2D eigenvalue weighted by Crippen LogP contribution is -2.26. The van der Waals surface area contributed by atoms with Crippen LogP contribution in [0, 0.1) is 10.8 Å². The molecule has 0 bridgehead atoms. The molecular weight excluding hydrogens is 264 g/mol. The Labute approximate surface area is 128 Å². The van der Waals surface area contributed by atoms with Crippen molar-refractivity contribution >= 4 is 11.8 Å². The van der Waals surface area contributed by atoms with Crippen LogP contribution in [0.15, 0.2) is 47.4 Å². The molecule has 1 nitrogen and oxygen atoms in total. The van der Waals surface area contributed by atoms with E-state index < -0.39 is 6.10 Å². The Bertz CT molecular complexity index is 423. The second-order valence-electron chi connectivity index (χ2n) is 7.41. The van der Waals surface area contributed by atoms with Crippen molar-refractivity contribution < 1.29 is 5.11 Å². The van der Waals surface area contributed by atoms with Crippen LogP contribution in [-0.4, -0.2) is 16.5 Å². The Morgan fingerprint density at radius 2 is 1.45 bits per heavy atom. The van der Waals surface area contributed by atoms with Crippen LogP contribution < -0.4 is 0 Å². The van der Waals surface area contributed by atoms with E-state index in [0.29, 0.717) is 5.25 Å². The van der Waals surface area contributed by atoms with Crippen molar-refractivity contribution in [3.63, 3.8) is 0 Å². The van der Waals surface area contributed by atoms with Crippen LogP contribution in [0.1, 0.15) is 41.5 Å². The zero-order valence-corrected chi connectivity index (χ0v) is 14.4. The van der Waals surface area contributed by atoms with Gasteiger partial charge in [-0.25, -0.2) is 0 Å². The van der Waals surface area contributed by atoms with E-state index in [1.165, 1.54) is 4.90 Å². The van der Waals surface area contributed by atoms with Crippen LogP contribution >= 0.6 is 11.8 Å². The Morgan fingerprint density at radius 1 is 0.900 bits per heavy atom. The molecule has 1 rings (SSSR count). The zero-order chi connectivity index (χ0) is 15.4. The third-order valence-electron chi connectivity index (χ3n) is 3.22. The summed E-state index contributed by atoms with van der Waals surface area (Å²) < 4.78 is 0. The first-order valence-corrected chi connectivity index (χ1v) is 8.07. The van der Waals surface area contributed by atoms with Crippen LogP contribution in [0.5, 0.6) is 0 Å². The lowest BCUT2D eigenvalue weighted by atomic mass is 9.87. The quantitative estimate of drug-likeness (QED) is 0.611. The summed E-state index contributed by atoms with van der Waals surface area (Å²) in [6.07, 6.45) is 3.70. The van der Waals surface area contributed by atoms with Crippen molar-refractivity contribution in [1.29, 1.82) is 0 Å². The van der Waals surface area contributed by atoms with Gasteiger partial charge in [0.2, 0.25) is 0 Å². The highest BCUT2D eigenvalue weighted by atomic mass is 32.2. The van der Waals surface area contributed by atoms with Crippen molar-refractivity contribution in [3.8, 4) is 0 Å². The highest BCUT2D eigenvalue weighted by molar-refractivity contribution is 8.00. The van der Waals surface area contributed by atoms with E-state index in [2.05, 4.69) is 71.9 Å². The van der Waals surface area contributed by atoms with E-state index in [0.717, 1.165) is 0 Å². The first-order chi connectivity index (χ1) is 9.10. The van der Waals surface area contributed by atoms with Crippen LogP contribution in [0.25, 0.3) is 0 Å². The SMILES string of the molecule is CC(C)(C)[C@H](/C=C/[C@H](O)C(C)(C)C)Sc1ccccc1. The van der Waals surface area contributed by atoms with Gasteiger partial charge in [0.05, 0.1) is 6.10 Å². The normalized spacial score (nSPS) is 16.4. The number of thioether (sulfide) groups is 1. The summed E-state index contributed by atoms with van der Waals surface area (Å²) in [6, 6.07) is 10.4. The monoisotopic (exact) mass is 292 g/mol. The van der Waals surface area contributed by atoms with Crippen molar-refractivity contribution in [2.45, 2.75) is 57.8 Å². The molecule has 1 aromatic carbocycles. The first kappa shape index (κ1) is 17.3. The predicted octanol–water partition coefficient (Wildman–Crippen LogP) is 5.16. The van der Waals surface area contributed by atoms with E-state index in [9.17, 15) is 5.11 Å². The minimum Gasteiger partial charge on any atom is -0.388 e. The fraction of sp³-hybridized carbons (Fsp3) is 0.556. The number of rotatable bonds is 4. The number of hydrogen-bond donors (Lipinski definition) is 1. The molecule has 0 radical (unpaired) electrons. The maximum absolute atomic E-state index is 10.2. The summed E-state index contributed by atoms with van der Waals surface area (Å²) in [5, 5.41) is 10.5. The molecule has 0 spiro atoms. The minimum atomic E-state index is -0.413. The molecule has 0 unspecified atom stereocenters. The van der Waals surface area contributed by atoms with E-state index in [-0.39, 0.29) is 10.8 Å². The third kappa shape index (κ3) is 5.72. The molecule has 0 aliphatic rings. The summed E-state index contributed by atoms with van der Waals surface area (Å²) in [4.78, 5) is 1.27. The Morgan fingerprint density at radius 3 is 1.90 bits per heavy atom. The van der Waals surface area contributed by atoms with E-state index >= 15 is 0 Å². The van der Waals surface area contributed by atoms with Crippen LogP contribution in [0.2, 0.25) is 0 Å². The Hall–Kier alpha value is -0.730. The summed E-state index contributed by atoms with van der Waals surface area (Å²) in [5.41, 5.74) is 0.0327. The summed E-state index contributed by atoms with van der Waals surface area (Å²) in [6.45, 7) is 12.9. The second-order valence-corrected chi connectivity index (χ2v) is 8.63. The molecule has 0 saturated heterocycles. The second kappa shape index (κ2) is 6.82. The number of aliphatic hydroxyl groups is 1. The highest BCUT2D eigenvalue weighted by Crippen LogP contribution is 2.36. The Balaban J connectivity index is 2.84. The predicted molar refractivity (Wildman–Crippen MR) is 90.1 cm³/mol. The molecule has 0 amide bonds. The zero-order valence-electron chi connectivity index (χ0n) is 13.6. The van der Waals surface area contributed by atoms with Gasteiger partial charge in [0.25, 0.3) is 0 Å². The molecule has 1 N–H and O–H groups in total. The molecule has 20 heavy (non-hydrogen) atoms. The van der Waals surface area contributed by atoms with Gasteiger partial charge >= 0.3 is 0 Å². The largest absolute Gasteiger partial charge is 0.388 e. The van der Waals surface area contributed by atoms with Crippen molar-refractivity contribution in [2.75, 3.05) is 0 Å². The number of benzene rings is 1. The maximum atomic E-state index is 10.2. The average Bonchev–Trinajstić information content (AvgIpc) is 2.32. The number of hydrogen-bond acceptors (Lipinski definition) is 2. The molecular formula is C18H28OS. The summed E-state index contributed by atoms with van der Waals surface area (Å²) >= 11 is 1.85. The van der Waals surface area contributed by atoms with Crippen LogP contribution in [0.4, 0.5) is 0 Å². The van der Waals surface area contributed by atoms with Gasteiger partial charge in [0.15, 0.2) is 0 Å². The highest BCUT2D eigenvalue weighted by Gasteiger charge is 2.25. The molecule has 0 aliphatic heterocycles. The van der Waals surface area contributed by atoms with Gasteiger partial charge < -0.3 is 5.11 Å². The maximum Gasteiger partial charge on any atom is 0.0769 e. The van der Waals surface area contributed by atoms with Crippen molar-refractivity contribution in [2.24, 2.45) is 10.8 Å². The molecule has 1 aromatic rings. The lowest BCUT2D eigenvalue weighted by molar-refractivity contribution is 0.105. The topological polar surface area (TPSA) is 20.2 Å². The summed E-state index contributed by atoms with van der Waals surface area (Å²) in [5.74, 6) is 0. The molecule has 2 heteroatoms. The van der Waals surface area contributed by atoms with Gasteiger partial charge in [-0.15, -0.1) is 11.8 Å². The molecule has 112 valence electrons. The van der Waals surface area contributed by atoms with Gasteiger partial charge in [-0.2, -0.15) is 0 Å². The van der Waals surface area contributed by atoms with Crippen LogP contribution in [-0.2, 0) is 0 Å². The van der Waals surface area contributed by atoms with Gasteiger partial charge in [0.1, 0.15) is 0 Å². The standard InChI is InChI=1S/C18H28OS/c1-17(2,3)15(19)12-13-16(18(4,5)6)20-14-10-8-7-9-11-14/h7-13,15-16,19H,1-6H3/b13-12+/t15-,16-/m0/s1. The molecule has 0 heterocycles. The van der Waals surface area contributed by atoms with Gasteiger partial charge in [-0.1, -0.05) is 71.9 Å². The average molecular weight is 292 g/mol. The fourth-order valence-electron chi connectivity index (χ4n) is 1.65. The van der Waals surface area contributed by atoms with Gasteiger partial charge in [-0.05, 0) is 23.0 Å². The van der Waals surface area contributed by atoms with E-state index in [1.807, 2.05) is 23.9 Å². The molecule has 0 fully saturated rings. The third-order valence-corrected chi connectivity index (χ3v) is 4.88. The number of aliphatic hydroxyl groups excluding tert-OH is 1. The Kier molecular flexibility index (Phi) is 5.91. The molecule has 2 atom stereocenters. The van der Waals surface area contributed by atoms with Crippen LogP contribution in [0.3, 0.4) is 0 Å². The molecule has 0 saturated carbocycles. The lowest BCUT2D eigenvalue weighted by Gasteiger charge is -2.29. The van der Waals surface area contributed by atoms with E-state index in [4.69, 9.17) is 0 Å². The molecule has 0 aromatic heterocycles. The van der Waals surface area contributed by atoms with Gasteiger partial charge in [0, 0.05) is 10.1 Å². The van der Waals surface area contributed by atoms with E-state index in [1.54, 1.807) is 0 Å². The minimum absolute atomic E-state index is 0.115. The van der Waals surface area contributed by atoms with Gasteiger partial charge in [-0.3, -0.25) is 0 Å². The molecule has 0 aliphatic carbocycles. The first-order valence-electron chi connectivity index (χ1n) is 7.19. The fourth-order valence-corrected chi connectivity index (χ4v) is 2.78. The summed E-state index contributed by atoms with van der Waals surface area (Å²) in [7, 11) is 0.